The van der Waals surface area contributed by atoms with Crippen LogP contribution in [0.3, 0.4) is 0 Å². The van der Waals surface area contributed by atoms with Crippen LogP contribution in [0.15, 0.2) is 18.2 Å². The lowest BCUT2D eigenvalue weighted by atomic mass is 9.77. The molecule has 0 aliphatic carbocycles. The van der Waals surface area contributed by atoms with Gasteiger partial charge in [0.25, 0.3) is 0 Å². The maximum absolute atomic E-state index is 6.09. The number of rotatable bonds is 1. The van der Waals surface area contributed by atoms with Crippen LogP contribution < -0.4 is 10.8 Å². The fraction of sp³-hybridized carbons (Fsp3) is 0.600. The third-order valence-electron chi connectivity index (χ3n) is 4.76. The van der Waals surface area contributed by atoms with Crippen LogP contribution in [0.25, 0.3) is 0 Å². The second-order valence-electron chi connectivity index (χ2n) is 6.65. The van der Waals surface area contributed by atoms with E-state index in [1.54, 1.807) is 0 Å². The highest BCUT2D eigenvalue weighted by Crippen LogP contribution is 2.36. The number of fused-ring (bicyclic) bond motifs is 1. The smallest absolute Gasteiger partial charge is 0.399 e. The maximum Gasteiger partial charge on any atom is 0.494 e. The quantitative estimate of drug-likeness (QED) is 0.784. The molecule has 0 bridgehead atoms. The lowest BCUT2D eigenvalue weighted by Gasteiger charge is -2.32. The summed E-state index contributed by atoms with van der Waals surface area (Å²) in [5, 5.41) is 3.45. The average Bonchev–Trinajstić information content (AvgIpc) is 2.78. The molecule has 1 unspecified atom stereocenters. The van der Waals surface area contributed by atoms with Gasteiger partial charge in [0.05, 0.1) is 11.2 Å². The molecule has 102 valence electrons. The molecule has 2 heterocycles. The number of benzene rings is 1. The first-order valence-corrected chi connectivity index (χ1v) is 7.02. The van der Waals surface area contributed by atoms with Gasteiger partial charge in [0.2, 0.25) is 0 Å². The second-order valence-corrected chi connectivity index (χ2v) is 6.65. The molecule has 0 saturated carbocycles. The third kappa shape index (κ3) is 2.02. The van der Waals surface area contributed by atoms with Crippen molar-refractivity contribution in [3.63, 3.8) is 0 Å². The fourth-order valence-electron chi connectivity index (χ4n) is 2.70. The Labute approximate surface area is 115 Å². The van der Waals surface area contributed by atoms with Gasteiger partial charge in [0, 0.05) is 12.6 Å². The van der Waals surface area contributed by atoms with Gasteiger partial charge in [-0.2, -0.15) is 0 Å². The third-order valence-corrected chi connectivity index (χ3v) is 4.76. The topological polar surface area (TPSA) is 30.5 Å². The molecule has 19 heavy (non-hydrogen) atoms. The largest absolute Gasteiger partial charge is 0.494 e. The molecule has 2 aliphatic heterocycles. The van der Waals surface area contributed by atoms with Gasteiger partial charge in [-0.1, -0.05) is 18.2 Å². The molecule has 4 heteroatoms. The molecule has 1 fully saturated rings. The minimum atomic E-state index is -0.276. The van der Waals surface area contributed by atoms with Crippen LogP contribution >= 0.6 is 0 Å². The van der Waals surface area contributed by atoms with Crippen LogP contribution in [0.5, 0.6) is 0 Å². The molecule has 1 N–H and O–H groups in total. The van der Waals surface area contributed by atoms with Gasteiger partial charge in [-0.05, 0) is 51.2 Å². The highest BCUT2D eigenvalue weighted by Gasteiger charge is 2.51. The highest BCUT2D eigenvalue weighted by atomic mass is 16.7. The first-order chi connectivity index (χ1) is 8.80. The summed E-state index contributed by atoms with van der Waals surface area (Å²) in [5.41, 5.74) is 3.32. The Morgan fingerprint density at radius 3 is 2.42 bits per heavy atom. The van der Waals surface area contributed by atoms with E-state index in [9.17, 15) is 0 Å². The van der Waals surface area contributed by atoms with E-state index in [1.807, 2.05) is 0 Å². The normalized spacial score (nSPS) is 27.6. The van der Waals surface area contributed by atoms with Crippen LogP contribution in [0, 0.1) is 0 Å². The molecule has 0 aromatic heterocycles. The molecule has 1 aromatic rings. The summed E-state index contributed by atoms with van der Waals surface area (Å²) in [6, 6.07) is 6.99. The second kappa shape index (κ2) is 4.08. The Hall–Kier alpha value is -0.835. The van der Waals surface area contributed by atoms with E-state index in [4.69, 9.17) is 9.31 Å². The van der Waals surface area contributed by atoms with E-state index in [0.717, 1.165) is 12.0 Å². The minimum absolute atomic E-state index is 0.258. The van der Waals surface area contributed by atoms with Gasteiger partial charge in [0.1, 0.15) is 0 Å². The van der Waals surface area contributed by atoms with Crippen LogP contribution in [0.4, 0.5) is 0 Å². The summed E-state index contributed by atoms with van der Waals surface area (Å²) >= 11 is 0. The van der Waals surface area contributed by atoms with Gasteiger partial charge in [0.15, 0.2) is 0 Å². The van der Waals surface area contributed by atoms with Crippen molar-refractivity contribution in [3.8, 4) is 0 Å². The van der Waals surface area contributed by atoms with E-state index in [-0.39, 0.29) is 18.3 Å². The highest BCUT2D eigenvalue weighted by molar-refractivity contribution is 6.62. The maximum atomic E-state index is 6.09. The lowest BCUT2D eigenvalue weighted by Crippen LogP contribution is -2.41. The average molecular weight is 259 g/mol. The van der Waals surface area contributed by atoms with Crippen LogP contribution in [-0.2, 0) is 15.9 Å². The Morgan fingerprint density at radius 2 is 1.79 bits per heavy atom. The zero-order chi connectivity index (χ0) is 13.8. The summed E-state index contributed by atoms with van der Waals surface area (Å²) in [4.78, 5) is 0. The monoisotopic (exact) mass is 259 g/mol. The molecule has 0 radical (unpaired) electrons. The molecule has 0 amide bonds. The zero-order valence-corrected chi connectivity index (χ0v) is 12.4. The van der Waals surface area contributed by atoms with Crippen molar-refractivity contribution < 1.29 is 9.31 Å². The first kappa shape index (κ1) is 13.2. The summed E-state index contributed by atoms with van der Waals surface area (Å²) in [6.45, 7) is 11.5. The van der Waals surface area contributed by atoms with Crippen LogP contribution in [-0.4, -0.2) is 18.3 Å². The van der Waals surface area contributed by atoms with Crippen molar-refractivity contribution in [1.29, 1.82) is 0 Å². The van der Waals surface area contributed by atoms with Crippen molar-refractivity contribution >= 4 is 12.6 Å². The van der Waals surface area contributed by atoms with E-state index >= 15 is 0 Å². The van der Waals surface area contributed by atoms with E-state index in [2.05, 4.69) is 58.1 Å². The van der Waals surface area contributed by atoms with Gasteiger partial charge < -0.3 is 14.6 Å². The molecule has 0 spiro atoms. The summed E-state index contributed by atoms with van der Waals surface area (Å²) in [5.74, 6) is 0. The standard InChI is InChI=1S/C15H22BNO2/c1-10-13-7-6-12(8-11(13)9-17-10)16-18-14(2,3)15(4,5)19-16/h6-8,10,17H,9H2,1-5H3. The van der Waals surface area contributed by atoms with Crippen molar-refractivity contribution in [2.75, 3.05) is 0 Å². The number of nitrogens with one attached hydrogen (secondary N) is 1. The van der Waals surface area contributed by atoms with E-state index < -0.39 is 0 Å². The molecule has 1 saturated heterocycles. The zero-order valence-electron chi connectivity index (χ0n) is 12.4. The number of hydrogen-bond acceptors (Lipinski definition) is 3. The first-order valence-electron chi connectivity index (χ1n) is 7.02. The number of hydrogen-bond donors (Lipinski definition) is 1. The molecular formula is C15H22BNO2. The predicted octanol–water partition coefficient (Wildman–Crippen LogP) is 2.15. The van der Waals surface area contributed by atoms with Gasteiger partial charge in [-0.15, -0.1) is 0 Å². The molecule has 3 nitrogen and oxygen atoms in total. The van der Waals surface area contributed by atoms with Crippen molar-refractivity contribution in [2.45, 2.75) is 58.4 Å². The van der Waals surface area contributed by atoms with Crippen molar-refractivity contribution in [1.82, 2.24) is 5.32 Å². The Balaban J connectivity index is 1.89. The molecular weight excluding hydrogens is 237 g/mol. The molecule has 3 rings (SSSR count). The summed E-state index contributed by atoms with van der Waals surface area (Å²) < 4.78 is 12.2. The molecule has 1 aromatic carbocycles. The van der Waals surface area contributed by atoms with Gasteiger partial charge in [-0.3, -0.25) is 0 Å². The van der Waals surface area contributed by atoms with E-state index in [1.165, 1.54) is 11.1 Å². The van der Waals surface area contributed by atoms with Gasteiger partial charge >= 0.3 is 7.12 Å². The predicted molar refractivity (Wildman–Crippen MR) is 77.4 cm³/mol. The Kier molecular flexibility index (Phi) is 2.82. The fourth-order valence-corrected chi connectivity index (χ4v) is 2.70. The Morgan fingerprint density at radius 1 is 1.16 bits per heavy atom. The molecule has 1 atom stereocenters. The summed E-state index contributed by atoms with van der Waals surface area (Å²) in [6.07, 6.45) is 0. The summed E-state index contributed by atoms with van der Waals surface area (Å²) in [7, 11) is -0.258. The SMILES string of the molecule is CC1NCc2cc(B3OC(C)(C)C(C)(C)O3)ccc21. The van der Waals surface area contributed by atoms with Crippen molar-refractivity contribution in [2.24, 2.45) is 0 Å². The van der Waals surface area contributed by atoms with Crippen LogP contribution in [0.1, 0.15) is 51.8 Å². The van der Waals surface area contributed by atoms with Gasteiger partial charge in [-0.25, -0.2) is 0 Å². The van der Waals surface area contributed by atoms with Crippen molar-refractivity contribution in [3.05, 3.63) is 29.3 Å². The van der Waals surface area contributed by atoms with E-state index in [0.29, 0.717) is 6.04 Å². The Bertz CT molecular complexity index is 497. The lowest BCUT2D eigenvalue weighted by molar-refractivity contribution is 0.00578. The molecule has 2 aliphatic rings. The minimum Gasteiger partial charge on any atom is -0.399 e. The van der Waals surface area contributed by atoms with Crippen LogP contribution in [0.2, 0.25) is 0 Å².